The molecule has 2 aromatic rings. The molecule has 0 bridgehead atoms. The second kappa shape index (κ2) is 6.15. The van der Waals surface area contributed by atoms with Gasteiger partial charge in [-0.05, 0) is 23.1 Å². The quantitative estimate of drug-likeness (QED) is 0.622. The van der Waals surface area contributed by atoms with Crippen molar-refractivity contribution in [1.29, 1.82) is 0 Å². The first kappa shape index (κ1) is 13.9. The highest BCUT2D eigenvalue weighted by Gasteiger charge is 2.19. The maximum absolute atomic E-state index is 6.60. The van der Waals surface area contributed by atoms with Crippen molar-refractivity contribution in [1.82, 2.24) is 0 Å². The molecule has 0 radical (unpaired) electrons. The number of allylic oxidation sites excluding steroid dienone is 5. The molecular weight excluding hydrogens is 276 g/mol. The van der Waals surface area contributed by atoms with Gasteiger partial charge in [-0.15, -0.1) is 11.6 Å². The standard InChI is InChI=1S/C20H17Cl/c21-20(14-7-2-8-15-20)16-13-18-11-5-6-12-19(18)17-9-3-1-4-10-17/h1-14,16H,15H2. The Hall–Kier alpha value is -2.05. The van der Waals surface area contributed by atoms with Gasteiger partial charge in [0.25, 0.3) is 0 Å². The molecule has 1 aliphatic carbocycles. The van der Waals surface area contributed by atoms with Gasteiger partial charge in [-0.3, -0.25) is 0 Å². The minimum absolute atomic E-state index is 0.404. The van der Waals surface area contributed by atoms with Gasteiger partial charge in [0.1, 0.15) is 0 Å². The van der Waals surface area contributed by atoms with Gasteiger partial charge in [-0.2, -0.15) is 0 Å². The van der Waals surface area contributed by atoms with Crippen LogP contribution in [0, 0.1) is 0 Å². The van der Waals surface area contributed by atoms with Crippen molar-refractivity contribution in [2.75, 3.05) is 0 Å². The molecule has 2 aromatic carbocycles. The average molecular weight is 293 g/mol. The fraction of sp³-hybridized carbons (Fsp3) is 0.100. The van der Waals surface area contributed by atoms with E-state index in [0.717, 1.165) is 6.42 Å². The predicted molar refractivity (Wildman–Crippen MR) is 92.4 cm³/mol. The summed E-state index contributed by atoms with van der Waals surface area (Å²) in [6.07, 6.45) is 13.2. The summed E-state index contributed by atoms with van der Waals surface area (Å²) in [6, 6.07) is 18.8. The molecule has 0 saturated carbocycles. The Morgan fingerprint density at radius 2 is 1.67 bits per heavy atom. The second-order valence-corrected chi connectivity index (χ2v) is 5.91. The summed E-state index contributed by atoms with van der Waals surface area (Å²) >= 11 is 6.60. The Morgan fingerprint density at radius 3 is 2.43 bits per heavy atom. The van der Waals surface area contributed by atoms with Crippen LogP contribution in [-0.4, -0.2) is 4.87 Å². The molecule has 0 amide bonds. The first-order valence-corrected chi connectivity index (χ1v) is 7.52. The van der Waals surface area contributed by atoms with E-state index in [-0.39, 0.29) is 0 Å². The highest BCUT2D eigenvalue weighted by atomic mass is 35.5. The number of halogens is 1. The third-order valence-electron chi connectivity index (χ3n) is 3.64. The third-order valence-corrected chi connectivity index (χ3v) is 4.04. The number of hydrogen-bond donors (Lipinski definition) is 0. The Balaban J connectivity index is 1.93. The molecule has 1 atom stereocenters. The van der Waals surface area contributed by atoms with Crippen molar-refractivity contribution in [3.8, 4) is 11.1 Å². The van der Waals surface area contributed by atoms with Crippen LogP contribution in [0.1, 0.15) is 12.0 Å². The van der Waals surface area contributed by atoms with E-state index in [9.17, 15) is 0 Å². The van der Waals surface area contributed by atoms with Gasteiger partial charge >= 0.3 is 0 Å². The van der Waals surface area contributed by atoms with E-state index in [1.807, 2.05) is 24.3 Å². The Morgan fingerprint density at radius 1 is 0.905 bits per heavy atom. The molecule has 21 heavy (non-hydrogen) atoms. The molecule has 0 saturated heterocycles. The second-order valence-electron chi connectivity index (χ2n) is 5.20. The third kappa shape index (κ3) is 3.34. The lowest BCUT2D eigenvalue weighted by molar-refractivity contribution is 0.871. The van der Waals surface area contributed by atoms with Gasteiger partial charge in [-0.25, -0.2) is 0 Å². The van der Waals surface area contributed by atoms with E-state index in [4.69, 9.17) is 11.6 Å². The Bertz CT molecular complexity index is 695. The molecule has 0 N–H and O–H groups in total. The normalized spacial score (nSPS) is 21.0. The topological polar surface area (TPSA) is 0 Å². The molecule has 1 aliphatic rings. The lowest BCUT2D eigenvalue weighted by atomic mass is 9.95. The zero-order valence-electron chi connectivity index (χ0n) is 11.7. The van der Waals surface area contributed by atoms with Crippen molar-refractivity contribution in [2.24, 2.45) is 0 Å². The smallest absolute Gasteiger partial charge is 0.0846 e. The SMILES string of the molecule is ClC1(C=Cc2ccccc2-c2ccccc2)C=CC=CC1. The van der Waals surface area contributed by atoms with Crippen molar-refractivity contribution in [2.45, 2.75) is 11.3 Å². The summed E-state index contributed by atoms with van der Waals surface area (Å²) in [5.41, 5.74) is 3.64. The molecule has 104 valence electrons. The van der Waals surface area contributed by atoms with Gasteiger partial charge in [-0.1, -0.05) is 91.1 Å². The van der Waals surface area contributed by atoms with E-state index in [2.05, 4.69) is 66.8 Å². The minimum Gasteiger partial charge on any atom is -0.110 e. The summed E-state index contributed by atoms with van der Waals surface area (Å²) in [5, 5.41) is 0. The van der Waals surface area contributed by atoms with Gasteiger partial charge < -0.3 is 0 Å². The molecule has 0 nitrogen and oxygen atoms in total. The van der Waals surface area contributed by atoms with Crippen LogP contribution in [0.25, 0.3) is 17.2 Å². The van der Waals surface area contributed by atoms with Crippen LogP contribution in [0.5, 0.6) is 0 Å². The molecule has 1 unspecified atom stereocenters. The zero-order chi connectivity index (χ0) is 14.5. The monoisotopic (exact) mass is 292 g/mol. The molecule has 0 aliphatic heterocycles. The Kier molecular flexibility index (Phi) is 4.08. The fourth-order valence-electron chi connectivity index (χ4n) is 2.49. The van der Waals surface area contributed by atoms with Crippen LogP contribution in [0.15, 0.2) is 85.0 Å². The van der Waals surface area contributed by atoms with Gasteiger partial charge in [0.05, 0.1) is 4.87 Å². The Labute approximate surface area is 131 Å². The van der Waals surface area contributed by atoms with Crippen LogP contribution in [-0.2, 0) is 0 Å². The summed E-state index contributed by atoms with van der Waals surface area (Å²) in [6.45, 7) is 0. The van der Waals surface area contributed by atoms with E-state index in [1.165, 1.54) is 16.7 Å². The fourth-order valence-corrected chi connectivity index (χ4v) is 2.71. The molecule has 3 rings (SSSR count). The first-order valence-electron chi connectivity index (χ1n) is 7.14. The molecule has 1 heteroatoms. The van der Waals surface area contributed by atoms with Crippen LogP contribution in [0.4, 0.5) is 0 Å². The minimum atomic E-state index is -0.404. The van der Waals surface area contributed by atoms with Crippen LogP contribution >= 0.6 is 11.6 Å². The molecule has 0 aromatic heterocycles. The van der Waals surface area contributed by atoms with Crippen LogP contribution < -0.4 is 0 Å². The van der Waals surface area contributed by atoms with E-state index in [0.29, 0.717) is 0 Å². The zero-order valence-corrected chi connectivity index (χ0v) is 12.5. The van der Waals surface area contributed by atoms with E-state index >= 15 is 0 Å². The number of hydrogen-bond acceptors (Lipinski definition) is 0. The molecule has 0 heterocycles. The van der Waals surface area contributed by atoms with Gasteiger partial charge in [0.2, 0.25) is 0 Å². The summed E-state index contributed by atoms with van der Waals surface area (Å²) < 4.78 is 0. The molecule has 0 fully saturated rings. The largest absolute Gasteiger partial charge is 0.110 e. The van der Waals surface area contributed by atoms with Crippen molar-refractivity contribution in [3.63, 3.8) is 0 Å². The van der Waals surface area contributed by atoms with Crippen LogP contribution in [0.2, 0.25) is 0 Å². The summed E-state index contributed by atoms with van der Waals surface area (Å²) in [7, 11) is 0. The van der Waals surface area contributed by atoms with Crippen molar-refractivity contribution < 1.29 is 0 Å². The van der Waals surface area contributed by atoms with E-state index in [1.54, 1.807) is 0 Å². The molecule has 0 spiro atoms. The maximum Gasteiger partial charge on any atom is 0.0846 e. The van der Waals surface area contributed by atoms with Crippen molar-refractivity contribution in [3.05, 3.63) is 90.5 Å². The predicted octanol–water partition coefficient (Wildman–Crippen LogP) is 5.86. The molecular formula is C20H17Cl. The lowest BCUT2D eigenvalue weighted by Crippen LogP contribution is -2.14. The van der Waals surface area contributed by atoms with E-state index < -0.39 is 4.87 Å². The number of rotatable bonds is 3. The number of alkyl halides is 1. The summed E-state index contributed by atoms with van der Waals surface area (Å²) in [4.78, 5) is -0.404. The number of benzene rings is 2. The maximum atomic E-state index is 6.60. The van der Waals surface area contributed by atoms with Crippen LogP contribution in [0.3, 0.4) is 0 Å². The summed E-state index contributed by atoms with van der Waals surface area (Å²) in [5.74, 6) is 0. The highest BCUT2D eigenvalue weighted by molar-refractivity contribution is 6.27. The van der Waals surface area contributed by atoms with Gasteiger partial charge in [0, 0.05) is 0 Å². The lowest BCUT2D eigenvalue weighted by Gasteiger charge is -2.19. The average Bonchev–Trinajstić information content (AvgIpc) is 2.55. The van der Waals surface area contributed by atoms with Crippen molar-refractivity contribution >= 4 is 17.7 Å². The first-order chi connectivity index (χ1) is 10.3. The van der Waals surface area contributed by atoms with Gasteiger partial charge in [0.15, 0.2) is 0 Å². The highest BCUT2D eigenvalue weighted by Crippen LogP contribution is 2.30.